The highest BCUT2D eigenvalue weighted by Gasteiger charge is 2.19. The molecule has 1 fully saturated rings. The zero-order valence-electron chi connectivity index (χ0n) is 12.3. The van der Waals surface area contributed by atoms with Gasteiger partial charge in [0.1, 0.15) is 0 Å². The summed E-state index contributed by atoms with van der Waals surface area (Å²) < 4.78 is 0. The smallest absolute Gasteiger partial charge is 0.0117 e. The van der Waals surface area contributed by atoms with E-state index in [-0.39, 0.29) is 0 Å². The lowest BCUT2D eigenvalue weighted by Gasteiger charge is -2.35. The summed E-state index contributed by atoms with van der Waals surface area (Å²) in [4.78, 5) is 4.97. The summed E-state index contributed by atoms with van der Waals surface area (Å²) in [6.07, 6.45) is 3.80. The minimum absolute atomic E-state index is 0.787. The van der Waals surface area contributed by atoms with Crippen LogP contribution in [0.5, 0.6) is 0 Å². The minimum atomic E-state index is 0.787. The van der Waals surface area contributed by atoms with Gasteiger partial charge in [0.2, 0.25) is 0 Å². The van der Waals surface area contributed by atoms with E-state index in [4.69, 9.17) is 0 Å². The highest BCUT2D eigenvalue weighted by Crippen LogP contribution is 2.13. The van der Waals surface area contributed by atoms with Crippen molar-refractivity contribution in [3.63, 3.8) is 0 Å². The van der Waals surface area contributed by atoms with Crippen molar-refractivity contribution in [1.82, 2.24) is 15.1 Å². The number of likely N-dealkylation sites (N-methyl/N-ethyl adjacent to an activating group) is 1. The van der Waals surface area contributed by atoms with Crippen molar-refractivity contribution in [3.05, 3.63) is 22.4 Å². The molecule has 0 aromatic carbocycles. The predicted octanol–water partition coefficient (Wildman–Crippen LogP) is 1.91. The molecule has 3 nitrogen and oxygen atoms in total. The third kappa shape index (κ3) is 5.22. The molecule has 0 saturated carbocycles. The Morgan fingerprint density at radius 3 is 2.84 bits per heavy atom. The fourth-order valence-corrected chi connectivity index (χ4v) is 3.37. The van der Waals surface area contributed by atoms with E-state index in [0.29, 0.717) is 0 Å². The Morgan fingerprint density at radius 1 is 1.37 bits per heavy atom. The molecule has 2 rings (SSSR count). The first-order valence-corrected chi connectivity index (χ1v) is 8.30. The summed E-state index contributed by atoms with van der Waals surface area (Å²) in [5.74, 6) is 0. The molecular weight excluding hydrogens is 254 g/mol. The number of rotatable bonds is 7. The van der Waals surface area contributed by atoms with E-state index in [2.05, 4.69) is 46.0 Å². The van der Waals surface area contributed by atoms with Gasteiger partial charge in [-0.2, -0.15) is 11.3 Å². The molecule has 1 aliphatic rings. The Kier molecular flexibility index (Phi) is 6.31. The van der Waals surface area contributed by atoms with Crippen LogP contribution in [0, 0.1) is 0 Å². The third-order valence-corrected chi connectivity index (χ3v) is 4.86. The average molecular weight is 281 g/mol. The summed E-state index contributed by atoms with van der Waals surface area (Å²) in [6.45, 7) is 5.87. The van der Waals surface area contributed by atoms with Gasteiger partial charge in [-0.25, -0.2) is 0 Å². The second-order valence-electron chi connectivity index (χ2n) is 5.65. The first-order chi connectivity index (χ1) is 9.25. The second kappa shape index (κ2) is 8.00. The quantitative estimate of drug-likeness (QED) is 0.770. The fourth-order valence-electron chi connectivity index (χ4n) is 2.67. The highest BCUT2D eigenvalue weighted by molar-refractivity contribution is 7.07. The Hall–Kier alpha value is -0.420. The Balaban J connectivity index is 1.53. The van der Waals surface area contributed by atoms with Crippen LogP contribution in [0.3, 0.4) is 0 Å². The van der Waals surface area contributed by atoms with Crippen LogP contribution < -0.4 is 5.32 Å². The zero-order valence-corrected chi connectivity index (χ0v) is 13.1. The lowest BCUT2D eigenvalue weighted by atomic mass is 10.0. The summed E-state index contributed by atoms with van der Waals surface area (Å²) >= 11 is 1.79. The van der Waals surface area contributed by atoms with E-state index in [0.717, 1.165) is 32.1 Å². The predicted molar refractivity (Wildman–Crippen MR) is 84.0 cm³/mol. The van der Waals surface area contributed by atoms with E-state index in [1.165, 1.54) is 31.5 Å². The van der Waals surface area contributed by atoms with Gasteiger partial charge in [-0.3, -0.25) is 0 Å². The number of likely N-dealkylation sites (tertiary alicyclic amines) is 1. The van der Waals surface area contributed by atoms with E-state index in [9.17, 15) is 0 Å². The van der Waals surface area contributed by atoms with Gasteiger partial charge < -0.3 is 15.1 Å². The number of thiophene rings is 1. The van der Waals surface area contributed by atoms with E-state index >= 15 is 0 Å². The number of hydrogen-bond acceptors (Lipinski definition) is 4. The average Bonchev–Trinajstić information content (AvgIpc) is 2.92. The summed E-state index contributed by atoms with van der Waals surface area (Å²) in [5.41, 5.74) is 1.46. The van der Waals surface area contributed by atoms with Gasteiger partial charge >= 0.3 is 0 Å². The van der Waals surface area contributed by atoms with Gasteiger partial charge in [0.15, 0.2) is 0 Å². The lowest BCUT2D eigenvalue weighted by molar-refractivity contribution is 0.145. The first kappa shape index (κ1) is 15.0. The maximum Gasteiger partial charge on any atom is 0.0117 e. The fraction of sp³-hybridized carbons (Fsp3) is 0.733. The van der Waals surface area contributed by atoms with Gasteiger partial charge in [-0.15, -0.1) is 0 Å². The molecule has 1 aliphatic heterocycles. The molecule has 0 amide bonds. The zero-order chi connectivity index (χ0) is 13.5. The Labute approximate surface area is 121 Å². The second-order valence-corrected chi connectivity index (χ2v) is 6.43. The number of hydrogen-bond donors (Lipinski definition) is 1. The molecule has 1 saturated heterocycles. The molecule has 0 spiro atoms. The summed E-state index contributed by atoms with van der Waals surface area (Å²) in [5, 5.41) is 7.95. The van der Waals surface area contributed by atoms with Crippen LogP contribution in [0.15, 0.2) is 16.8 Å². The van der Waals surface area contributed by atoms with Crippen molar-refractivity contribution in [2.75, 3.05) is 46.8 Å². The maximum absolute atomic E-state index is 3.55. The van der Waals surface area contributed by atoms with Crippen molar-refractivity contribution < 1.29 is 0 Å². The van der Waals surface area contributed by atoms with Gasteiger partial charge in [-0.05, 0) is 75.4 Å². The van der Waals surface area contributed by atoms with Gasteiger partial charge in [0.25, 0.3) is 0 Å². The van der Waals surface area contributed by atoms with Crippen LogP contribution in [-0.2, 0) is 6.42 Å². The summed E-state index contributed by atoms with van der Waals surface area (Å²) in [7, 11) is 4.50. The third-order valence-electron chi connectivity index (χ3n) is 4.12. The molecule has 1 aromatic rings. The van der Waals surface area contributed by atoms with Crippen LogP contribution in [0.4, 0.5) is 0 Å². The van der Waals surface area contributed by atoms with Gasteiger partial charge in [0, 0.05) is 19.1 Å². The largest absolute Gasteiger partial charge is 0.315 e. The number of nitrogens with one attached hydrogen (secondary N) is 1. The van der Waals surface area contributed by atoms with E-state index < -0.39 is 0 Å². The normalized spacial score (nSPS) is 18.3. The van der Waals surface area contributed by atoms with Gasteiger partial charge in [0.05, 0.1) is 0 Å². The van der Waals surface area contributed by atoms with Crippen LogP contribution in [0.2, 0.25) is 0 Å². The SMILES string of the molecule is CN1CCC(N(C)CCNCCc2ccsc2)CC1. The molecule has 108 valence electrons. The maximum atomic E-state index is 3.55. The van der Waals surface area contributed by atoms with Gasteiger partial charge in [-0.1, -0.05) is 0 Å². The van der Waals surface area contributed by atoms with Crippen LogP contribution in [0.1, 0.15) is 18.4 Å². The molecule has 0 aliphatic carbocycles. The summed E-state index contributed by atoms with van der Waals surface area (Å²) in [6, 6.07) is 3.01. The Morgan fingerprint density at radius 2 is 2.16 bits per heavy atom. The van der Waals surface area contributed by atoms with Crippen molar-refractivity contribution in [1.29, 1.82) is 0 Å². The molecule has 0 bridgehead atoms. The van der Waals surface area contributed by atoms with Crippen molar-refractivity contribution >= 4 is 11.3 Å². The Bertz CT molecular complexity index is 331. The number of nitrogens with zero attached hydrogens (tertiary/aromatic N) is 2. The molecule has 0 radical (unpaired) electrons. The molecular formula is C15H27N3S. The number of piperidine rings is 1. The van der Waals surface area contributed by atoms with Crippen molar-refractivity contribution in [3.8, 4) is 0 Å². The molecule has 1 N–H and O–H groups in total. The van der Waals surface area contributed by atoms with Crippen LogP contribution in [0.25, 0.3) is 0 Å². The van der Waals surface area contributed by atoms with E-state index in [1.54, 1.807) is 11.3 Å². The van der Waals surface area contributed by atoms with E-state index in [1.807, 2.05) is 0 Å². The monoisotopic (exact) mass is 281 g/mol. The standard InChI is InChI=1S/C15H27N3S/c1-17-9-4-15(5-10-17)18(2)11-8-16-7-3-14-6-12-19-13-14/h6,12-13,15-16H,3-5,7-11H2,1-2H3. The van der Waals surface area contributed by atoms with Crippen molar-refractivity contribution in [2.24, 2.45) is 0 Å². The molecule has 0 atom stereocenters. The minimum Gasteiger partial charge on any atom is -0.315 e. The van der Waals surface area contributed by atoms with Crippen molar-refractivity contribution in [2.45, 2.75) is 25.3 Å². The first-order valence-electron chi connectivity index (χ1n) is 7.36. The molecule has 2 heterocycles. The highest BCUT2D eigenvalue weighted by atomic mass is 32.1. The topological polar surface area (TPSA) is 18.5 Å². The van der Waals surface area contributed by atoms with Crippen LogP contribution >= 0.6 is 11.3 Å². The van der Waals surface area contributed by atoms with Crippen LogP contribution in [-0.4, -0.2) is 62.7 Å². The molecule has 4 heteroatoms. The molecule has 1 aromatic heterocycles. The lowest BCUT2D eigenvalue weighted by Crippen LogP contribution is -2.44. The molecule has 0 unspecified atom stereocenters. The molecule has 19 heavy (non-hydrogen) atoms.